The van der Waals surface area contributed by atoms with Crippen LogP contribution in [0.5, 0.6) is 0 Å². The first-order chi connectivity index (χ1) is 7.13. The Morgan fingerprint density at radius 2 is 1.93 bits per heavy atom. The fourth-order valence-corrected chi connectivity index (χ4v) is 2.27. The van der Waals surface area contributed by atoms with E-state index in [0.29, 0.717) is 5.92 Å². The molecule has 1 aromatic rings. The zero-order chi connectivity index (χ0) is 11.3. The zero-order valence-electron chi connectivity index (χ0n) is 9.34. The van der Waals surface area contributed by atoms with Crippen molar-refractivity contribution in [2.75, 3.05) is 0 Å². The first-order valence-corrected chi connectivity index (χ1v) is 6.32. The van der Waals surface area contributed by atoms with Gasteiger partial charge in [-0.15, -0.1) is 11.6 Å². The molecule has 0 spiro atoms. The molecule has 0 saturated carbocycles. The van der Waals surface area contributed by atoms with Crippen LogP contribution in [-0.4, -0.2) is 5.38 Å². The highest BCUT2D eigenvalue weighted by Crippen LogP contribution is 2.22. The molecule has 0 radical (unpaired) electrons. The summed E-state index contributed by atoms with van der Waals surface area (Å²) in [4.78, 5) is 0. The van der Waals surface area contributed by atoms with Crippen molar-refractivity contribution in [3.63, 3.8) is 0 Å². The lowest BCUT2D eigenvalue weighted by atomic mass is 9.99. The van der Waals surface area contributed by atoms with Crippen LogP contribution >= 0.6 is 23.2 Å². The quantitative estimate of drug-likeness (QED) is 0.645. The Bertz CT molecular complexity index is 296. The van der Waals surface area contributed by atoms with E-state index in [1.54, 1.807) is 0 Å². The van der Waals surface area contributed by atoms with Crippen LogP contribution in [0.4, 0.5) is 0 Å². The van der Waals surface area contributed by atoms with Gasteiger partial charge in [0.2, 0.25) is 0 Å². The molecule has 0 N–H and O–H groups in total. The second-order valence-corrected chi connectivity index (χ2v) is 5.17. The fraction of sp³-hybridized carbons (Fsp3) is 0.538. The largest absolute Gasteiger partial charge is 0.123 e. The molecule has 0 nitrogen and oxygen atoms in total. The first-order valence-electron chi connectivity index (χ1n) is 5.51. The number of halogens is 2. The highest BCUT2D eigenvalue weighted by molar-refractivity contribution is 6.31. The van der Waals surface area contributed by atoms with Crippen LogP contribution < -0.4 is 0 Å². The van der Waals surface area contributed by atoms with Gasteiger partial charge in [-0.25, -0.2) is 0 Å². The van der Waals surface area contributed by atoms with Crippen molar-refractivity contribution in [1.29, 1.82) is 0 Å². The molecule has 0 aliphatic carbocycles. The Morgan fingerprint density at radius 3 is 2.53 bits per heavy atom. The Hall–Kier alpha value is -0.200. The molecule has 15 heavy (non-hydrogen) atoms. The normalized spacial score (nSPS) is 14.9. The maximum atomic E-state index is 6.30. The molecule has 2 atom stereocenters. The topological polar surface area (TPSA) is 0 Å². The van der Waals surface area contributed by atoms with E-state index in [2.05, 4.69) is 13.8 Å². The Labute approximate surface area is 103 Å². The van der Waals surface area contributed by atoms with Gasteiger partial charge in [0, 0.05) is 10.4 Å². The van der Waals surface area contributed by atoms with Crippen molar-refractivity contribution in [1.82, 2.24) is 0 Å². The van der Waals surface area contributed by atoms with Crippen molar-refractivity contribution < 1.29 is 0 Å². The lowest BCUT2D eigenvalue weighted by Crippen LogP contribution is -2.08. The lowest BCUT2D eigenvalue weighted by molar-refractivity contribution is 0.500. The van der Waals surface area contributed by atoms with Crippen molar-refractivity contribution in [2.24, 2.45) is 5.92 Å². The van der Waals surface area contributed by atoms with Gasteiger partial charge in [0.1, 0.15) is 0 Å². The summed E-state index contributed by atoms with van der Waals surface area (Å²) in [6.45, 7) is 4.44. The molecule has 0 aliphatic rings. The predicted molar refractivity (Wildman–Crippen MR) is 68.9 cm³/mol. The second-order valence-electron chi connectivity index (χ2n) is 4.14. The number of alkyl halides is 1. The molecular formula is C13H18Cl2. The molecule has 84 valence electrons. The van der Waals surface area contributed by atoms with Gasteiger partial charge in [0.25, 0.3) is 0 Å². The first kappa shape index (κ1) is 12.9. The van der Waals surface area contributed by atoms with Crippen LogP contribution in [0.25, 0.3) is 0 Å². The predicted octanol–water partition coefficient (Wildman–Crippen LogP) is 4.93. The smallest absolute Gasteiger partial charge is 0.0438 e. The fourth-order valence-electron chi connectivity index (χ4n) is 1.59. The molecular weight excluding hydrogens is 227 g/mol. The van der Waals surface area contributed by atoms with Crippen LogP contribution in [0, 0.1) is 5.92 Å². The lowest BCUT2D eigenvalue weighted by Gasteiger charge is -2.14. The van der Waals surface area contributed by atoms with Gasteiger partial charge in [-0.1, -0.05) is 50.1 Å². The second kappa shape index (κ2) is 6.40. The average molecular weight is 245 g/mol. The third-order valence-corrected chi connectivity index (χ3v) is 3.46. The number of benzene rings is 1. The van der Waals surface area contributed by atoms with Gasteiger partial charge in [0.05, 0.1) is 0 Å². The minimum Gasteiger partial charge on any atom is -0.123 e. The van der Waals surface area contributed by atoms with Crippen molar-refractivity contribution in [2.45, 2.75) is 38.5 Å². The molecule has 0 aliphatic heterocycles. The number of rotatable bonds is 5. The zero-order valence-corrected chi connectivity index (χ0v) is 10.9. The monoisotopic (exact) mass is 244 g/mol. The highest BCUT2D eigenvalue weighted by Gasteiger charge is 2.11. The molecule has 0 aromatic heterocycles. The van der Waals surface area contributed by atoms with E-state index in [-0.39, 0.29) is 5.38 Å². The molecule has 1 rings (SSSR count). The molecule has 2 heteroatoms. The third kappa shape index (κ3) is 4.44. The van der Waals surface area contributed by atoms with Gasteiger partial charge >= 0.3 is 0 Å². The molecule has 2 unspecified atom stereocenters. The molecule has 0 saturated heterocycles. The average Bonchev–Trinajstić information content (AvgIpc) is 2.21. The summed E-state index contributed by atoms with van der Waals surface area (Å²) in [5, 5.41) is 1.02. The SMILES string of the molecule is CCC(C)CC(Cl)Cc1ccccc1Cl. The van der Waals surface area contributed by atoms with Gasteiger partial charge < -0.3 is 0 Å². The van der Waals surface area contributed by atoms with Crippen LogP contribution in [0.1, 0.15) is 32.3 Å². The Kier molecular flexibility index (Phi) is 5.49. The van der Waals surface area contributed by atoms with Gasteiger partial charge in [-0.3, -0.25) is 0 Å². The van der Waals surface area contributed by atoms with Crippen molar-refractivity contribution in [3.05, 3.63) is 34.9 Å². The third-order valence-electron chi connectivity index (χ3n) is 2.75. The number of hydrogen-bond acceptors (Lipinski definition) is 0. The Balaban J connectivity index is 2.51. The van der Waals surface area contributed by atoms with E-state index < -0.39 is 0 Å². The minimum atomic E-state index is 0.194. The van der Waals surface area contributed by atoms with E-state index in [4.69, 9.17) is 23.2 Å². The van der Waals surface area contributed by atoms with Crippen LogP contribution in [0.3, 0.4) is 0 Å². The van der Waals surface area contributed by atoms with E-state index in [1.807, 2.05) is 24.3 Å². The number of hydrogen-bond donors (Lipinski definition) is 0. The van der Waals surface area contributed by atoms with Gasteiger partial charge in [0.15, 0.2) is 0 Å². The standard InChI is InChI=1S/C13H18Cl2/c1-3-10(2)8-12(14)9-11-6-4-5-7-13(11)15/h4-7,10,12H,3,8-9H2,1-2H3. The van der Waals surface area contributed by atoms with E-state index in [0.717, 1.165) is 23.4 Å². The molecule has 1 aromatic carbocycles. The molecule has 0 fully saturated rings. The van der Waals surface area contributed by atoms with Crippen LogP contribution in [0.15, 0.2) is 24.3 Å². The summed E-state index contributed by atoms with van der Waals surface area (Å²) in [5.74, 6) is 0.690. The maximum Gasteiger partial charge on any atom is 0.0438 e. The van der Waals surface area contributed by atoms with Crippen LogP contribution in [0.2, 0.25) is 5.02 Å². The Morgan fingerprint density at radius 1 is 1.27 bits per heavy atom. The summed E-state index contributed by atoms with van der Waals surface area (Å²) >= 11 is 12.4. The van der Waals surface area contributed by atoms with Crippen LogP contribution in [-0.2, 0) is 6.42 Å². The van der Waals surface area contributed by atoms with Crippen molar-refractivity contribution >= 4 is 23.2 Å². The van der Waals surface area contributed by atoms with Gasteiger partial charge in [-0.2, -0.15) is 0 Å². The van der Waals surface area contributed by atoms with Crippen molar-refractivity contribution in [3.8, 4) is 0 Å². The highest BCUT2D eigenvalue weighted by atomic mass is 35.5. The summed E-state index contributed by atoms with van der Waals surface area (Å²) in [7, 11) is 0. The van der Waals surface area contributed by atoms with E-state index in [1.165, 1.54) is 6.42 Å². The summed E-state index contributed by atoms with van der Waals surface area (Å²) < 4.78 is 0. The summed E-state index contributed by atoms with van der Waals surface area (Å²) in [6.07, 6.45) is 3.11. The summed E-state index contributed by atoms with van der Waals surface area (Å²) in [6, 6.07) is 7.93. The molecule has 0 heterocycles. The molecule has 0 bridgehead atoms. The van der Waals surface area contributed by atoms with Gasteiger partial charge in [-0.05, 0) is 30.4 Å². The van der Waals surface area contributed by atoms with E-state index in [9.17, 15) is 0 Å². The summed E-state index contributed by atoms with van der Waals surface area (Å²) in [5.41, 5.74) is 1.16. The maximum absolute atomic E-state index is 6.30. The molecule has 0 amide bonds. The minimum absolute atomic E-state index is 0.194. The van der Waals surface area contributed by atoms with E-state index >= 15 is 0 Å².